The Bertz CT molecular complexity index is 635. The van der Waals surface area contributed by atoms with Crippen LogP contribution in [0.5, 0.6) is 0 Å². The summed E-state index contributed by atoms with van der Waals surface area (Å²) in [6, 6.07) is 0. The molecule has 11 nitrogen and oxygen atoms in total. The van der Waals surface area contributed by atoms with Gasteiger partial charge in [-0.25, -0.2) is 4.79 Å². The number of aliphatic hydroxyl groups is 5. The number of hydrogen-bond donors (Lipinski definition) is 5. The molecule has 3 aliphatic heterocycles. The highest BCUT2D eigenvalue weighted by atomic mass is 16.8. The molecule has 158 valence electrons. The zero-order chi connectivity index (χ0) is 20.6. The molecule has 0 aromatic carbocycles. The van der Waals surface area contributed by atoms with E-state index in [-0.39, 0.29) is 12.2 Å². The maximum Gasteiger partial charge on any atom is 0.348 e. The van der Waals surface area contributed by atoms with E-state index in [2.05, 4.69) is 6.58 Å². The molecule has 0 spiro atoms. The molecule has 28 heavy (non-hydrogen) atoms. The van der Waals surface area contributed by atoms with E-state index in [0.29, 0.717) is 0 Å². The molecule has 3 rings (SSSR count). The Morgan fingerprint density at radius 2 is 1.96 bits per heavy atom. The summed E-state index contributed by atoms with van der Waals surface area (Å²) >= 11 is 0. The smallest absolute Gasteiger partial charge is 0.348 e. The summed E-state index contributed by atoms with van der Waals surface area (Å²) in [5.74, 6) is -1.80. The van der Waals surface area contributed by atoms with Crippen molar-refractivity contribution >= 4 is 5.97 Å². The van der Waals surface area contributed by atoms with Gasteiger partial charge in [-0.2, -0.15) is 0 Å². The maximum atomic E-state index is 12.2. The highest BCUT2D eigenvalue weighted by Gasteiger charge is 2.60. The van der Waals surface area contributed by atoms with Crippen LogP contribution in [0.25, 0.3) is 0 Å². The fourth-order valence-electron chi connectivity index (χ4n) is 3.56. The normalized spacial score (nSPS) is 46.4. The molecule has 0 saturated carbocycles. The summed E-state index contributed by atoms with van der Waals surface area (Å²) in [5.41, 5.74) is -2.02. The average molecular weight is 404 g/mol. The third-order valence-corrected chi connectivity index (χ3v) is 5.10. The molecule has 9 atom stereocenters. The fraction of sp³-hybridized carbons (Fsp3) is 0.706. The Labute approximate surface area is 160 Å². The van der Waals surface area contributed by atoms with Crippen LogP contribution in [0.2, 0.25) is 0 Å². The van der Waals surface area contributed by atoms with Crippen LogP contribution in [0.3, 0.4) is 0 Å². The van der Waals surface area contributed by atoms with Gasteiger partial charge in [0.05, 0.1) is 12.5 Å². The minimum atomic E-state index is -2.21. The van der Waals surface area contributed by atoms with Gasteiger partial charge in [-0.1, -0.05) is 6.08 Å². The molecule has 2 fully saturated rings. The lowest BCUT2D eigenvalue weighted by Gasteiger charge is -2.48. The van der Waals surface area contributed by atoms with Crippen LogP contribution in [0, 0.1) is 5.92 Å². The Kier molecular flexibility index (Phi) is 6.20. The lowest BCUT2D eigenvalue weighted by atomic mass is 9.79. The van der Waals surface area contributed by atoms with Crippen LogP contribution in [0.15, 0.2) is 24.3 Å². The highest BCUT2D eigenvalue weighted by molar-refractivity contribution is 5.85. The van der Waals surface area contributed by atoms with Crippen molar-refractivity contribution in [3.63, 3.8) is 0 Å². The van der Waals surface area contributed by atoms with Crippen molar-refractivity contribution in [2.24, 2.45) is 5.92 Å². The molecule has 0 bridgehead atoms. The second-order valence-corrected chi connectivity index (χ2v) is 6.69. The van der Waals surface area contributed by atoms with Gasteiger partial charge in [0, 0.05) is 7.11 Å². The van der Waals surface area contributed by atoms with Gasteiger partial charge in [0.15, 0.2) is 12.6 Å². The second-order valence-electron chi connectivity index (χ2n) is 6.69. The molecular formula is C17H24O11. The van der Waals surface area contributed by atoms with Crippen molar-refractivity contribution < 1.29 is 54.0 Å². The van der Waals surface area contributed by atoms with E-state index in [1.165, 1.54) is 19.3 Å². The molecule has 3 aliphatic rings. The Morgan fingerprint density at radius 1 is 1.25 bits per heavy atom. The first-order valence-electron chi connectivity index (χ1n) is 8.66. The van der Waals surface area contributed by atoms with E-state index in [0.717, 1.165) is 0 Å². The van der Waals surface area contributed by atoms with Gasteiger partial charge in [0.25, 0.3) is 0 Å². The summed E-state index contributed by atoms with van der Waals surface area (Å²) < 4.78 is 26.5. The zero-order valence-corrected chi connectivity index (χ0v) is 15.1. The standard InChI is InChI=1S/C17H24O11/c1-3-7-8-4-5-25-15(22)17(8,23)16(24-2)28-13(7)27-14-12(21)11(20)10(19)9(6-18)26-14/h3-4,7,9-14,16,18-21,23H,1,5-6H2,2H3/t7-,9-,10-,11+,12-,13+,14+,16+,17-/m1/s1. The van der Waals surface area contributed by atoms with Gasteiger partial charge in [0.2, 0.25) is 11.9 Å². The van der Waals surface area contributed by atoms with Crippen molar-refractivity contribution in [1.29, 1.82) is 0 Å². The topological polar surface area (TPSA) is 164 Å². The molecule has 0 radical (unpaired) electrons. The number of fused-ring (bicyclic) bond motifs is 1. The van der Waals surface area contributed by atoms with Crippen LogP contribution in [0.1, 0.15) is 0 Å². The van der Waals surface area contributed by atoms with Crippen LogP contribution < -0.4 is 0 Å². The van der Waals surface area contributed by atoms with Crippen molar-refractivity contribution in [1.82, 2.24) is 0 Å². The van der Waals surface area contributed by atoms with Crippen LogP contribution in [0.4, 0.5) is 0 Å². The highest BCUT2D eigenvalue weighted by Crippen LogP contribution is 2.43. The Balaban J connectivity index is 1.87. The molecule has 0 aromatic rings. The molecule has 2 saturated heterocycles. The number of rotatable bonds is 5. The molecule has 0 unspecified atom stereocenters. The maximum absolute atomic E-state index is 12.2. The number of esters is 1. The van der Waals surface area contributed by atoms with Gasteiger partial charge < -0.3 is 49.2 Å². The SMILES string of the molecule is C=C[C@@H]1C2=CCOC(=O)[C@@]2(O)[C@@H](OC)O[C@@H]1O[C@@H]1O[C@H](CO)[C@@H](O)[C@H](O)[C@H]1O. The summed E-state index contributed by atoms with van der Waals surface area (Å²) in [5, 5.41) is 50.1. The lowest BCUT2D eigenvalue weighted by Crippen LogP contribution is -2.64. The van der Waals surface area contributed by atoms with Crippen molar-refractivity contribution in [2.45, 2.75) is 48.9 Å². The van der Waals surface area contributed by atoms with Gasteiger partial charge >= 0.3 is 5.97 Å². The number of carbonyl (C=O) groups excluding carboxylic acids is 1. The van der Waals surface area contributed by atoms with E-state index in [9.17, 15) is 30.3 Å². The monoisotopic (exact) mass is 404 g/mol. The average Bonchev–Trinajstić information content (AvgIpc) is 2.69. The molecule has 5 N–H and O–H groups in total. The first-order chi connectivity index (χ1) is 13.3. The summed E-state index contributed by atoms with van der Waals surface area (Å²) in [7, 11) is 1.21. The number of methoxy groups -OCH3 is 1. The van der Waals surface area contributed by atoms with E-state index in [4.69, 9.17) is 23.7 Å². The van der Waals surface area contributed by atoms with E-state index in [1.807, 2.05) is 0 Å². The third kappa shape index (κ3) is 3.28. The number of carbonyl (C=O) groups is 1. The minimum absolute atomic E-state index is 0.0793. The summed E-state index contributed by atoms with van der Waals surface area (Å²) in [6.45, 7) is 2.96. The molecule has 0 aromatic heterocycles. The van der Waals surface area contributed by atoms with Gasteiger partial charge in [-0.15, -0.1) is 6.58 Å². The molecule has 11 heteroatoms. The van der Waals surface area contributed by atoms with Crippen LogP contribution in [-0.4, -0.2) is 101 Å². The molecule has 0 aliphatic carbocycles. The second kappa shape index (κ2) is 8.14. The Morgan fingerprint density at radius 3 is 2.57 bits per heavy atom. The van der Waals surface area contributed by atoms with E-state index < -0.39 is 67.4 Å². The van der Waals surface area contributed by atoms with Gasteiger partial charge in [-0.05, 0) is 11.6 Å². The number of aliphatic hydroxyl groups excluding tert-OH is 4. The van der Waals surface area contributed by atoms with Gasteiger partial charge in [-0.3, -0.25) is 0 Å². The molecular weight excluding hydrogens is 380 g/mol. The predicted octanol–water partition coefficient (Wildman–Crippen LogP) is -2.85. The first-order valence-corrected chi connectivity index (χ1v) is 8.66. The Hall–Kier alpha value is -1.41. The van der Waals surface area contributed by atoms with E-state index in [1.54, 1.807) is 0 Å². The zero-order valence-electron chi connectivity index (χ0n) is 15.1. The van der Waals surface area contributed by atoms with Crippen LogP contribution in [-0.2, 0) is 28.5 Å². The third-order valence-electron chi connectivity index (χ3n) is 5.10. The lowest BCUT2D eigenvalue weighted by molar-refractivity contribution is -0.376. The van der Waals surface area contributed by atoms with Crippen molar-refractivity contribution in [2.75, 3.05) is 20.3 Å². The number of cyclic esters (lactones) is 1. The predicted molar refractivity (Wildman–Crippen MR) is 88.2 cm³/mol. The van der Waals surface area contributed by atoms with Gasteiger partial charge in [0.1, 0.15) is 31.0 Å². The molecule has 3 heterocycles. The van der Waals surface area contributed by atoms with Crippen LogP contribution >= 0.6 is 0 Å². The number of ether oxygens (including phenoxy) is 5. The number of hydrogen-bond acceptors (Lipinski definition) is 11. The largest absolute Gasteiger partial charge is 0.459 e. The van der Waals surface area contributed by atoms with E-state index >= 15 is 0 Å². The fourth-order valence-corrected chi connectivity index (χ4v) is 3.56. The first kappa shape index (κ1) is 21.3. The summed E-state index contributed by atoms with van der Waals surface area (Å²) in [4.78, 5) is 12.2. The quantitative estimate of drug-likeness (QED) is 0.237. The molecule has 0 amide bonds. The summed E-state index contributed by atoms with van der Waals surface area (Å²) in [6.07, 6.45) is -7.37. The van der Waals surface area contributed by atoms with Crippen molar-refractivity contribution in [3.05, 3.63) is 24.3 Å². The van der Waals surface area contributed by atoms with Crippen molar-refractivity contribution in [3.8, 4) is 0 Å². The minimum Gasteiger partial charge on any atom is -0.459 e.